The summed E-state index contributed by atoms with van der Waals surface area (Å²) in [7, 11) is -2.18. The zero-order valence-electron chi connectivity index (χ0n) is 16.6. The van der Waals surface area contributed by atoms with Gasteiger partial charge in [0.2, 0.25) is 5.69 Å². The Kier molecular flexibility index (Phi) is 5.38. The van der Waals surface area contributed by atoms with Crippen LogP contribution in [-0.2, 0) is 21.0 Å². The first-order valence-electron chi connectivity index (χ1n) is 9.03. The lowest BCUT2D eigenvalue weighted by atomic mass is 10.1. The van der Waals surface area contributed by atoms with Gasteiger partial charge in [-0.25, -0.2) is 13.2 Å². The molecule has 0 amide bonds. The van der Waals surface area contributed by atoms with Crippen molar-refractivity contribution in [1.82, 2.24) is 5.16 Å². The Bertz CT molecular complexity index is 1030. The van der Waals surface area contributed by atoms with Crippen molar-refractivity contribution in [2.45, 2.75) is 50.8 Å². The van der Waals surface area contributed by atoms with Crippen LogP contribution in [0, 0.1) is 20.8 Å². The fraction of sp³-hybridized carbons (Fsp3) is 0.474. The molecule has 0 saturated carbocycles. The monoisotopic (exact) mass is 408 g/mol. The number of carbonyl (C=O) groups excluding carboxylic acids is 1. The molecule has 0 aliphatic carbocycles. The predicted molar refractivity (Wildman–Crippen MR) is 103 cm³/mol. The zero-order valence-corrected chi connectivity index (χ0v) is 17.4. The van der Waals surface area contributed by atoms with E-state index in [1.165, 1.54) is 0 Å². The Morgan fingerprint density at radius 3 is 2.68 bits per heavy atom. The minimum atomic E-state index is -3.73. The molecule has 1 aliphatic heterocycles. The second-order valence-electron chi connectivity index (χ2n) is 6.74. The van der Waals surface area contributed by atoms with Crippen LogP contribution < -0.4 is 10.1 Å². The van der Waals surface area contributed by atoms with E-state index in [1.54, 1.807) is 33.9 Å². The molecule has 0 saturated heterocycles. The third-order valence-corrected chi connectivity index (χ3v) is 7.33. The smallest absolute Gasteiger partial charge is 0.362 e. The predicted octanol–water partition coefficient (Wildman–Crippen LogP) is 2.94. The number of carbonyl (C=O) groups is 1. The molecule has 0 spiro atoms. The van der Waals surface area contributed by atoms with E-state index in [0.717, 1.165) is 5.56 Å². The molecule has 1 unspecified atom stereocenters. The molecule has 0 fully saturated rings. The molecule has 0 radical (unpaired) electrons. The molecular weight excluding hydrogens is 384 g/mol. The van der Waals surface area contributed by atoms with Crippen molar-refractivity contribution in [3.63, 3.8) is 0 Å². The van der Waals surface area contributed by atoms with Crippen LogP contribution in [-0.4, -0.2) is 38.6 Å². The molecule has 1 aromatic carbocycles. The Balaban J connectivity index is 2.01. The number of aryl methyl sites for hydroxylation is 2. The molecular formula is C19H24N2O6S. The first-order valence-corrected chi connectivity index (χ1v) is 10.6. The van der Waals surface area contributed by atoms with Crippen molar-refractivity contribution in [3.05, 3.63) is 34.2 Å². The van der Waals surface area contributed by atoms with Gasteiger partial charge in [0.05, 0.1) is 18.6 Å². The van der Waals surface area contributed by atoms with Gasteiger partial charge in [0.15, 0.2) is 15.6 Å². The zero-order chi connectivity index (χ0) is 20.6. The van der Waals surface area contributed by atoms with Gasteiger partial charge in [-0.05, 0) is 56.9 Å². The highest BCUT2D eigenvalue weighted by atomic mass is 32.2. The summed E-state index contributed by atoms with van der Waals surface area (Å²) >= 11 is 0. The highest BCUT2D eigenvalue weighted by Crippen LogP contribution is 2.37. The average molecular weight is 408 g/mol. The molecule has 28 heavy (non-hydrogen) atoms. The molecule has 1 N–H and O–H groups in total. The van der Waals surface area contributed by atoms with Crippen LogP contribution in [0.3, 0.4) is 0 Å². The van der Waals surface area contributed by atoms with E-state index in [-0.39, 0.29) is 17.2 Å². The van der Waals surface area contributed by atoms with E-state index < -0.39 is 21.2 Å². The summed E-state index contributed by atoms with van der Waals surface area (Å²) in [5.74, 6) is 0.455. The molecule has 0 bridgehead atoms. The van der Waals surface area contributed by atoms with Gasteiger partial charge < -0.3 is 19.3 Å². The first kappa shape index (κ1) is 20.2. The summed E-state index contributed by atoms with van der Waals surface area (Å²) in [5.41, 5.74) is 2.30. The molecule has 8 nitrogen and oxygen atoms in total. The van der Waals surface area contributed by atoms with Crippen LogP contribution in [0.15, 0.2) is 15.5 Å². The highest BCUT2D eigenvalue weighted by molar-refractivity contribution is 7.92. The summed E-state index contributed by atoms with van der Waals surface area (Å²) in [6, 6.07) is 1.73. The second kappa shape index (κ2) is 7.46. The number of esters is 1. The number of nitrogens with zero attached hydrogens (tertiary/aromatic N) is 1. The Labute approximate surface area is 164 Å². The number of anilines is 1. The lowest BCUT2D eigenvalue weighted by molar-refractivity contribution is 0.0515. The van der Waals surface area contributed by atoms with E-state index >= 15 is 0 Å². The Hall–Kier alpha value is -2.55. The van der Waals surface area contributed by atoms with Gasteiger partial charge in [-0.3, -0.25) is 0 Å². The van der Waals surface area contributed by atoms with Gasteiger partial charge in [-0.2, -0.15) is 0 Å². The number of methoxy groups -OCH3 is 1. The second-order valence-corrected chi connectivity index (χ2v) is 8.81. The Morgan fingerprint density at radius 1 is 1.32 bits per heavy atom. The van der Waals surface area contributed by atoms with Crippen LogP contribution in [0.2, 0.25) is 0 Å². The van der Waals surface area contributed by atoms with Crippen LogP contribution in [0.25, 0.3) is 0 Å². The molecule has 1 aliphatic rings. The van der Waals surface area contributed by atoms with Gasteiger partial charge >= 0.3 is 5.97 Å². The summed E-state index contributed by atoms with van der Waals surface area (Å²) in [5, 5.41) is 5.80. The number of fused-ring (bicyclic) bond motifs is 1. The number of ether oxygens (including phenoxy) is 2. The quantitative estimate of drug-likeness (QED) is 0.753. The maximum Gasteiger partial charge on any atom is 0.362 e. The molecule has 9 heteroatoms. The number of rotatable bonds is 5. The molecule has 3 rings (SSSR count). The number of benzene rings is 1. The average Bonchev–Trinajstić information content (AvgIpc) is 3.08. The topological polar surface area (TPSA) is 108 Å². The standard InChI is InChI=1S/C19H24N2O6S/c1-6-26-19(22)17-16-13(27-21-17)7-8-15(20-16)28(23,24)18-10(2)9-14(25-5)11(3)12(18)4/h9,15,20H,6-8H2,1-5H3. The maximum atomic E-state index is 13.4. The molecule has 1 aromatic heterocycles. The van der Waals surface area contributed by atoms with Crippen molar-refractivity contribution >= 4 is 21.5 Å². The summed E-state index contributed by atoms with van der Waals surface area (Å²) in [6.45, 7) is 7.22. The van der Waals surface area contributed by atoms with E-state index in [1.807, 2.05) is 6.92 Å². The summed E-state index contributed by atoms with van der Waals surface area (Å²) < 4.78 is 42.4. The van der Waals surface area contributed by atoms with E-state index in [4.69, 9.17) is 14.0 Å². The van der Waals surface area contributed by atoms with Crippen molar-refractivity contribution < 1.29 is 27.2 Å². The first-order chi connectivity index (χ1) is 13.2. The fourth-order valence-corrected chi connectivity index (χ4v) is 5.60. The van der Waals surface area contributed by atoms with Crippen LogP contribution in [0.1, 0.15) is 46.3 Å². The van der Waals surface area contributed by atoms with Crippen molar-refractivity contribution in [1.29, 1.82) is 0 Å². The number of hydrogen-bond donors (Lipinski definition) is 1. The highest BCUT2D eigenvalue weighted by Gasteiger charge is 2.37. The number of nitrogens with one attached hydrogen (secondary N) is 1. The van der Waals surface area contributed by atoms with Crippen LogP contribution in [0.5, 0.6) is 5.75 Å². The van der Waals surface area contributed by atoms with Gasteiger partial charge in [0.25, 0.3) is 0 Å². The Morgan fingerprint density at radius 2 is 2.04 bits per heavy atom. The minimum Gasteiger partial charge on any atom is -0.496 e. The SMILES string of the molecule is CCOC(=O)c1noc2c1NC(S(=O)(=O)c1c(C)cc(OC)c(C)c1C)CC2. The minimum absolute atomic E-state index is 0.0314. The van der Waals surface area contributed by atoms with Gasteiger partial charge in [-0.1, -0.05) is 5.16 Å². The van der Waals surface area contributed by atoms with Gasteiger partial charge in [-0.15, -0.1) is 0 Å². The summed E-state index contributed by atoms with van der Waals surface area (Å²) in [6.07, 6.45) is 0.655. The fourth-order valence-electron chi connectivity index (χ4n) is 3.52. The molecule has 1 atom stereocenters. The largest absolute Gasteiger partial charge is 0.496 e. The number of aromatic nitrogens is 1. The normalized spacial score (nSPS) is 16.2. The van der Waals surface area contributed by atoms with Crippen molar-refractivity contribution in [2.24, 2.45) is 0 Å². The van der Waals surface area contributed by atoms with Crippen molar-refractivity contribution in [3.8, 4) is 5.75 Å². The van der Waals surface area contributed by atoms with Gasteiger partial charge in [0, 0.05) is 6.42 Å². The molecule has 2 aromatic rings. The summed E-state index contributed by atoms with van der Waals surface area (Å²) in [4.78, 5) is 12.4. The maximum absolute atomic E-state index is 13.4. The van der Waals surface area contributed by atoms with E-state index in [9.17, 15) is 13.2 Å². The van der Waals surface area contributed by atoms with Crippen LogP contribution in [0.4, 0.5) is 5.69 Å². The van der Waals surface area contributed by atoms with Crippen molar-refractivity contribution in [2.75, 3.05) is 19.0 Å². The lowest BCUT2D eigenvalue weighted by Gasteiger charge is -2.26. The lowest BCUT2D eigenvalue weighted by Crippen LogP contribution is -2.34. The third-order valence-electron chi connectivity index (χ3n) is 5.03. The molecule has 2 heterocycles. The third kappa shape index (κ3) is 3.23. The molecule has 152 valence electrons. The van der Waals surface area contributed by atoms with E-state index in [2.05, 4.69) is 10.5 Å². The van der Waals surface area contributed by atoms with Crippen LogP contribution >= 0.6 is 0 Å². The number of hydrogen-bond acceptors (Lipinski definition) is 8. The number of sulfone groups is 1. The van der Waals surface area contributed by atoms with Gasteiger partial charge in [0.1, 0.15) is 16.8 Å². The van der Waals surface area contributed by atoms with E-state index in [0.29, 0.717) is 41.2 Å².